The summed E-state index contributed by atoms with van der Waals surface area (Å²) in [6, 6.07) is 17.6. The van der Waals surface area contributed by atoms with Gasteiger partial charge in [-0.2, -0.15) is 0 Å². The lowest BCUT2D eigenvalue weighted by Crippen LogP contribution is -2.25. The first-order valence-electron chi connectivity index (χ1n) is 12.2. The number of hydrogen-bond donors (Lipinski definition) is 3. The zero-order valence-electron chi connectivity index (χ0n) is 19.9. The van der Waals surface area contributed by atoms with Crippen LogP contribution < -0.4 is 10.6 Å². The van der Waals surface area contributed by atoms with Gasteiger partial charge in [0.05, 0.1) is 11.3 Å². The average Bonchev–Trinajstić information content (AvgIpc) is 3.48. The molecule has 0 spiro atoms. The molecule has 3 aromatic heterocycles. The Balaban J connectivity index is 1.16. The monoisotopic (exact) mass is 528 g/mol. The number of aromatic nitrogens is 4. The number of nitrogens with zero attached hydrogens (tertiary/aromatic N) is 3. The molecule has 0 radical (unpaired) electrons. The topological polar surface area (TPSA) is 113 Å². The van der Waals surface area contributed by atoms with Crippen LogP contribution in [0.2, 0.25) is 0 Å². The van der Waals surface area contributed by atoms with Gasteiger partial charge in [0.25, 0.3) is 5.91 Å². The van der Waals surface area contributed by atoms with Crippen molar-refractivity contribution in [2.45, 2.75) is 37.4 Å². The molecule has 0 unspecified atom stereocenters. The molecular weight excluding hydrogens is 504 g/mol. The number of thioether (sulfide) groups is 1. The van der Waals surface area contributed by atoms with Crippen molar-refractivity contribution in [3.63, 3.8) is 0 Å². The van der Waals surface area contributed by atoms with Crippen LogP contribution >= 0.6 is 23.1 Å². The highest BCUT2D eigenvalue weighted by Crippen LogP contribution is 2.38. The van der Waals surface area contributed by atoms with E-state index < -0.39 is 0 Å². The van der Waals surface area contributed by atoms with Crippen molar-refractivity contribution in [1.29, 1.82) is 0 Å². The van der Waals surface area contributed by atoms with E-state index >= 15 is 0 Å². The third-order valence-corrected chi connectivity index (χ3v) is 8.43. The number of thiophene rings is 1. The van der Waals surface area contributed by atoms with Gasteiger partial charge in [-0.1, -0.05) is 60.3 Å². The Morgan fingerprint density at radius 1 is 1.00 bits per heavy atom. The number of carbonyl (C=O) groups excluding carboxylic acids is 2. The van der Waals surface area contributed by atoms with Crippen molar-refractivity contribution < 1.29 is 9.59 Å². The molecule has 2 amide bonds. The van der Waals surface area contributed by atoms with E-state index in [-0.39, 0.29) is 17.6 Å². The van der Waals surface area contributed by atoms with Crippen LogP contribution in [0.4, 0.5) is 5.00 Å². The molecule has 6 rings (SSSR count). The average molecular weight is 529 g/mol. The molecule has 0 atom stereocenters. The van der Waals surface area contributed by atoms with E-state index in [1.807, 2.05) is 54.6 Å². The molecule has 0 aliphatic heterocycles. The lowest BCUT2D eigenvalue weighted by molar-refractivity contribution is -0.113. The minimum Gasteiger partial charge on any atom is -0.348 e. The molecule has 3 N–H and O–H groups in total. The maximum atomic E-state index is 13.2. The summed E-state index contributed by atoms with van der Waals surface area (Å²) >= 11 is 2.73. The van der Waals surface area contributed by atoms with Crippen LogP contribution in [0.3, 0.4) is 0 Å². The number of anilines is 1. The summed E-state index contributed by atoms with van der Waals surface area (Å²) in [5.41, 5.74) is 5.00. The minimum absolute atomic E-state index is 0.112. The fourth-order valence-corrected chi connectivity index (χ4v) is 6.51. The number of nitrogens with one attached hydrogen (secondary N) is 3. The van der Waals surface area contributed by atoms with Gasteiger partial charge in [0, 0.05) is 22.3 Å². The lowest BCUT2D eigenvalue weighted by Gasteiger charge is -2.13. The van der Waals surface area contributed by atoms with E-state index in [4.69, 9.17) is 0 Å². The molecule has 2 aromatic carbocycles. The number of benzene rings is 2. The molecule has 1 aliphatic carbocycles. The van der Waals surface area contributed by atoms with Gasteiger partial charge in [0.1, 0.15) is 10.5 Å². The summed E-state index contributed by atoms with van der Waals surface area (Å²) in [5, 5.41) is 16.5. The maximum absolute atomic E-state index is 13.2. The van der Waals surface area contributed by atoms with Gasteiger partial charge in [-0.05, 0) is 42.9 Å². The number of rotatable bonds is 7. The highest BCUT2D eigenvalue weighted by atomic mass is 32.2. The van der Waals surface area contributed by atoms with E-state index in [0.29, 0.717) is 33.4 Å². The summed E-state index contributed by atoms with van der Waals surface area (Å²) < 4.78 is 0. The second-order valence-electron chi connectivity index (χ2n) is 8.88. The molecule has 37 heavy (non-hydrogen) atoms. The van der Waals surface area contributed by atoms with Crippen molar-refractivity contribution in [2.24, 2.45) is 0 Å². The van der Waals surface area contributed by atoms with Crippen molar-refractivity contribution in [3.8, 4) is 0 Å². The normalized spacial score (nSPS) is 13.0. The van der Waals surface area contributed by atoms with Crippen molar-refractivity contribution in [1.82, 2.24) is 25.5 Å². The highest BCUT2D eigenvalue weighted by molar-refractivity contribution is 7.99. The van der Waals surface area contributed by atoms with Gasteiger partial charge in [-0.15, -0.1) is 21.5 Å². The van der Waals surface area contributed by atoms with E-state index in [2.05, 4.69) is 30.8 Å². The Hall–Kier alpha value is -3.76. The second-order valence-corrected chi connectivity index (χ2v) is 10.9. The van der Waals surface area contributed by atoms with Gasteiger partial charge in [-0.3, -0.25) is 9.59 Å². The van der Waals surface area contributed by atoms with E-state index in [9.17, 15) is 9.59 Å². The molecule has 8 nitrogen and oxygen atoms in total. The first-order chi connectivity index (χ1) is 18.2. The number of amides is 2. The Bertz CT molecular complexity index is 1610. The van der Waals surface area contributed by atoms with Crippen molar-refractivity contribution in [3.05, 3.63) is 76.2 Å². The Morgan fingerprint density at radius 2 is 1.81 bits per heavy atom. The number of H-pyrrole nitrogens is 1. The molecule has 5 aromatic rings. The van der Waals surface area contributed by atoms with E-state index in [0.717, 1.165) is 47.7 Å². The summed E-state index contributed by atoms with van der Waals surface area (Å²) in [4.78, 5) is 35.1. The summed E-state index contributed by atoms with van der Waals surface area (Å²) in [7, 11) is 0. The summed E-state index contributed by atoms with van der Waals surface area (Å²) in [6.07, 6.45) is 3.94. The fraction of sp³-hybridized carbons (Fsp3) is 0.222. The van der Waals surface area contributed by atoms with Crippen LogP contribution in [0, 0.1) is 0 Å². The van der Waals surface area contributed by atoms with Gasteiger partial charge in [0.2, 0.25) is 11.1 Å². The fourth-order valence-electron chi connectivity index (χ4n) is 4.62. The number of hydrogen-bond acceptors (Lipinski definition) is 7. The molecule has 10 heteroatoms. The number of aromatic amines is 1. The minimum atomic E-state index is -0.207. The quantitative estimate of drug-likeness (QED) is 0.253. The number of fused-ring (bicyclic) bond motifs is 4. The predicted octanol–water partition coefficient (Wildman–Crippen LogP) is 5.11. The van der Waals surface area contributed by atoms with Gasteiger partial charge in [0.15, 0.2) is 5.65 Å². The summed E-state index contributed by atoms with van der Waals surface area (Å²) in [5.74, 6) is -0.245. The van der Waals surface area contributed by atoms with Gasteiger partial charge < -0.3 is 15.6 Å². The molecule has 3 heterocycles. The third kappa shape index (κ3) is 4.94. The van der Waals surface area contributed by atoms with Crippen LogP contribution in [0.25, 0.3) is 22.1 Å². The largest absolute Gasteiger partial charge is 0.348 e. The molecule has 0 bridgehead atoms. The second kappa shape index (κ2) is 10.3. The lowest BCUT2D eigenvalue weighted by atomic mass is 9.95. The summed E-state index contributed by atoms with van der Waals surface area (Å²) in [6.45, 7) is 0.439. The molecule has 0 saturated carbocycles. The van der Waals surface area contributed by atoms with E-state index in [1.165, 1.54) is 28.0 Å². The Kier molecular flexibility index (Phi) is 6.58. The number of para-hydroxylation sites is 1. The zero-order valence-corrected chi connectivity index (χ0v) is 21.5. The van der Waals surface area contributed by atoms with Crippen LogP contribution in [0.5, 0.6) is 0 Å². The third-order valence-electron chi connectivity index (χ3n) is 6.38. The van der Waals surface area contributed by atoms with Gasteiger partial charge in [-0.25, -0.2) is 4.98 Å². The number of aryl methyl sites for hydroxylation is 1. The standard InChI is InChI=1S/C27H24N6O2S2/c34-21(15-36-27-31-24-23(32-33-27)17-10-4-6-12-19(17)29-24)30-26-22(18-11-5-7-13-20(18)37-26)25(35)28-14-16-8-2-1-3-9-16/h1-4,6,8-10,12H,5,7,11,13-15H2,(H,28,35)(H,30,34)(H,29,31,33). The predicted molar refractivity (Wildman–Crippen MR) is 147 cm³/mol. The van der Waals surface area contributed by atoms with Crippen LogP contribution in [-0.4, -0.2) is 37.7 Å². The Labute approximate surface area is 221 Å². The molecule has 1 aliphatic rings. The molecule has 0 saturated heterocycles. The van der Waals surface area contributed by atoms with Crippen LogP contribution in [-0.2, 0) is 24.2 Å². The zero-order chi connectivity index (χ0) is 25.2. The first kappa shape index (κ1) is 23.6. The number of carbonyl (C=O) groups is 2. The van der Waals surface area contributed by atoms with Gasteiger partial charge >= 0.3 is 0 Å². The van der Waals surface area contributed by atoms with Crippen molar-refractivity contribution in [2.75, 3.05) is 11.1 Å². The van der Waals surface area contributed by atoms with Crippen LogP contribution in [0.15, 0.2) is 59.8 Å². The maximum Gasteiger partial charge on any atom is 0.254 e. The molecule has 0 fully saturated rings. The van der Waals surface area contributed by atoms with E-state index in [1.54, 1.807) is 0 Å². The SMILES string of the molecule is O=C(CSc1nnc2c(n1)[nH]c1ccccc12)Nc1sc2c(c1C(=O)NCc1ccccc1)CCCC2. The smallest absolute Gasteiger partial charge is 0.254 e. The molecule has 186 valence electrons. The van der Waals surface area contributed by atoms with Crippen LogP contribution in [0.1, 0.15) is 39.2 Å². The highest BCUT2D eigenvalue weighted by Gasteiger charge is 2.26. The van der Waals surface area contributed by atoms with Crippen molar-refractivity contribution >= 4 is 62.0 Å². The first-order valence-corrected chi connectivity index (χ1v) is 14.0. The Morgan fingerprint density at radius 3 is 2.70 bits per heavy atom. The molecular formula is C27H24N6O2S2.